The maximum Gasteiger partial charge on any atom is 0.279 e. The van der Waals surface area contributed by atoms with Crippen LogP contribution in [0.15, 0.2) is 35.9 Å². The van der Waals surface area contributed by atoms with E-state index in [9.17, 15) is 14.4 Å². The molecular formula is C23H35N4O3+. The van der Waals surface area contributed by atoms with E-state index in [0.29, 0.717) is 24.5 Å². The van der Waals surface area contributed by atoms with Crippen LogP contribution in [0, 0.1) is 0 Å². The summed E-state index contributed by atoms with van der Waals surface area (Å²) in [6, 6.07) is 6.65. The molecule has 0 radical (unpaired) electrons. The van der Waals surface area contributed by atoms with E-state index >= 15 is 0 Å². The fourth-order valence-electron chi connectivity index (χ4n) is 3.65. The zero-order valence-corrected chi connectivity index (χ0v) is 18.3. The first-order valence-corrected chi connectivity index (χ1v) is 10.9. The Morgan fingerprint density at radius 1 is 1.07 bits per heavy atom. The molecule has 0 aliphatic heterocycles. The summed E-state index contributed by atoms with van der Waals surface area (Å²) in [6.45, 7) is 6.82. The summed E-state index contributed by atoms with van der Waals surface area (Å²) in [5.74, 6) is -0.307. The van der Waals surface area contributed by atoms with Crippen LogP contribution >= 0.6 is 0 Å². The van der Waals surface area contributed by atoms with Gasteiger partial charge in [-0.25, -0.2) is 0 Å². The molecule has 0 fully saturated rings. The summed E-state index contributed by atoms with van der Waals surface area (Å²) < 4.78 is 0. The highest BCUT2D eigenvalue weighted by Gasteiger charge is 2.25. The summed E-state index contributed by atoms with van der Waals surface area (Å²) in [5, 5.41) is 8.57. The number of nitrogens with one attached hydrogen (secondary N) is 4. The van der Waals surface area contributed by atoms with Crippen molar-refractivity contribution in [3.63, 3.8) is 0 Å². The fraction of sp³-hybridized carbons (Fsp3) is 0.522. The first kappa shape index (κ1) is 23.6. The number of carbonyl (C=O) groups excluding carboxylic acids is 3. The number of hydrogen-bond donors (Lipinski definition) is 4. The van der Waals surface area contributed by atoms with Gasteiger partial charge in [0, 0.05) is 24.8 Å². The minimum Gasteiger partial charge on any atom is -0.351 e. The topological polar surface area (TPSA) is 91.7 Å². The smallest absolute Gasteiger partial charge is 0.279 e. The van der Waals surface area contributed by atoms with Crippen molar-refractivity contribution in [3.8, 4) is 0 Å². The molecule has 0 aromatic heterocycles. The second kappa shape index (κ2) is 12.1. The lowest BCUT2D eigenvalue weighted by atomic mass is 9.97. The number of rotatable bonds is 10. The number of hydrogen-bond acceptors (Lipinski definition) is 3. The predicted molar refractivity (Wildman–Crippen MR) is 119 cm³/mol. The molecule has 3 amide bonds. The lowest BCUT2D eigenvalue weighted by Gasteiger charge is -2.23. The van der Waals surface area contributed by atoms with Gasteiger partial charge in [0.05, 0.1) is 6.54 Å². The maximum atomic E-state index is 12.5. The average molecular weight is 416 g/mol. The molecule has 164 valence electrons. The molecule has 1 aliphatic carbocycles. The minimum absolute atomic E-state index is 0.0179. The molecule has 30 heavy (non-hydrogen) atoms. The van der Waals surface area contributed by atoms with E-state index in [1.807, 2.05) is 13.8 Å². The number of allylic oxidation sites excluding steroid dienone is 1. The Morgan fingerprint density at radius 3 is 2.30 bits per heavy atom. The highest BCUT2D eigenvalue weighted by Crippen LogP contribution is 2.19. The van der Waals surface area contributed by atoms with Crippen molar-refractivity contribution in [2.75, 3.05) is 30.3 Å². The summed E-state index contributed by atoms with van der Waals surface area (Å²) in [6.07, 6.45) is 8.02. The number of benzene rings is 1. The Balaban J connectivity index is 1.79. The highest BCUT2D eigenvalue weighted by atomic mass is 16.2. The van der Waals surface area contributed by atoms with Gasteiger partial charge in [-0.1, -0.05) is 11.6 Å². The van der Waals surface area contributed by atoms with Crippen molar-refractivity contribution in [2.24, 2.45) is 0 Å². The number of amides is 3. The van der Waals surface area contributed by atoms with Crippen LogP contribution in [0.25, 0.3) is 0 Å². The van der Waals surface area contributed by atoms with Gasteiger partial charge in [-0.3, -0.25) is 14.4 Å². The van der Waals surface area contributed by atoms with Crippen molar-refractivity contribution in [3.05, 3.63) is 35.9 Å². The quantitative estimate of drug-likeness (QED) is 0.440. The molecule has 4 N–H and O–H groups in total. The zero-order chi connectivity index (χ0) is 21.9. The van der Waals surface area contributed by atoms with Crippen molar-refractivity contribution in [1.82, 2.24) is 5.32 Å². The van der Waals surface area contributed by atoms with Gasteiger partial charge in [-0.05, 0) is 70.2 Å². The third kappa shape index (κ3) is 7.99. The number of carbonyl (C=O) groups is 3. The van der Waals surface area contributed by atoms with E-state index < -0.39 is 0 Å². The number of anilines is 2. The minimum atomic E-state index is -0.303. The SMILES string of the molecule is CC[NH+](CC(=O)Nc1ccc(NC(C)=O)cc1)[C@@H](C)C(=O)NCCC1=CCCCC1. The largest absolute Gasteiger partial charge is 0.351 e. The molecule has 0 saturated carbocycles. The van der Waals surface area contributed by atoms with Crippen molar-refractivity contribution in [2.45, 2.75) is 58.9 Å². The van der Waals surface area contributed by atoms with Crippen LogP contribution in [0.1, 0.15) is 52.9 Å². The average Bonchev–Trinajstić information content (AvgIpc) is 2.73. The lowest BCUT2D eigenvalue weighted by Crippen LogP contribution is -3.17. The normalized spacial score (nSPS) is 15.5. The molecule has 1 aliphatic rings. The van der Waals surface area contributed by atoms with Gasteiger partial charge >= 0.3 is 0 Å². The molecule has 7 heteroatoms. The first-order chi connectivity index (χ1) is 14.4. The van der Waals surface area contributed by atoms with Crippen LogP contribution in [0.4, 0.5) is 11.4 Å². The summed E-state index contributed by atoms with van der Waals surface area (Å²) in [5.41, 5.74) is 2.77. The summed E-state index contributed by atoms with van der Waals surface area (Å²) in [4.78, 5) is 37.0. The Labute approximate surface area is 179 Å². The molecule has 1 aromatic rings. The molecule has 1 unspecified atom stereocenters. The van der Waals surface area contributed by atoms with Gasteiger partial charge in [0.25, 0.3) is 11.8 Å². The highest BCUT2D eigenvalue weighted by molar-refractivity contribution is 5.93. The van der Waals surface area contributed by atoms with E-state index in [2.05, 4.69) is 22.0 Å². The van der Waals surface area contributed by atoms with Crippen molar-refractivity contribution < 1.29 is 19.3 Å². The second-order valence-corrected chi connectivity index (χ2v) is 7.87. The molecule has 0 heterocycles. The molecule has 1 aromatic carbocycles. The van der Waals surface area contributed by atoms with Gasteiger partial charge in [0.2, 0.25) is 5.91 Å². The van der Waals surface area contributed by atoms with Crippen molar-refractivity contribution >= 4 is 29.1 Å². The van der Waals surface area contributed by atoms with Crippen LogP contribution in [0.2, 0.25) is 0 Å². The van der Waals surface area contributed by atoms with Gasteiger partial charge in [0.1, 0.15) is 0 Å². The Morgan fingerprint density at radius 2 is 1.73 bits per heavy atom. The van der Waals surface area contributed by atoms with E-state index in [-0.39, 0.29) is 30.3 Å². The van der Waals surface area contributed by atoms with Crippen LogP contribution in [0.3, 0.4) is 0 Å². The maximum absolute atomic E-state index is 12.5. The number of quaternary nitrogens is 1. The van der Waals surface area contributed by atoms with E-state index in [4.69, 9.17) is 0 Å². The summed E-state index contributed by atoms with van der Waals surface area (Å²) >= 11 is 0. The zero-order valence-electron chi connectivity index (χ0n) is 18.3. The Kier molecular flexibility index (Phi) is 9.54. The third-order valence-electron chi connectivity index (χ3n) is 5.47. The lowest BCUT2D eigenvalue weighted by molar-refractivity contribution is -0.904. The molecule has 0 bridgehead atoms. The standard InChI is InChI=1S/C23H34N4O3/c1-4-27(17(2)23(30)24-15-14-19-8-6-5-7-9-19)16-22(29)26-21-12-10-20(11-13-21)25-18(3)28/h8,10-13,17H,4-7,9,14-16H2,1-3H3,(H,24,30)(H,25,28)(H,26,29)/p+1/t17-/m0/s1. The van der Waals surface area contributed by atoms with Gasteiger partial charge in [-0.2, -0.15) is 0 Å². The van der Waals surface area contributed by atoms with Crippen LogP contribution < -0.4 is 20.9 Å². The van der Waals surface area contributed by atoms with E-state index in [0.717, 1.165) is 24.2 Å². The third-order valence-corrected chi connectivity index (χ3v) is 5.47. The molecule has 0 saturated heterocycles. The predicted octanol–water partition coefficient (Wildman–Crippen LogP) is 1.88. The molecular weight excluding hydrogens is 380 g/mol. The first-order valence-electron chi connectivity index (χ1n) is 10.9. The number of likely N-dealkylation sites (N-methyl/N-ethyl adjacent to an activating group) is 1. The summed E-state index contributed by atoms with van der Waals surface area (Å²) in [7, 11) is 0. The monoisotopic (exact) mass is 415 g/mol. The molecule has 2 atom stereocenters. The van der Waals surface area contributed by atoms with E-state index in [1.165, 1.54) is 25.3 Å². The fourth-order valence-corrected chi connectivity index (χ4v) is 3.65. The second-order valence-electron chi connectivity index (χ2n) is 7.87. The van der Waals surface area contributed by atoms with Crippen LogP contribution in [-0.4, -0.2) is 43.4 Å². The molecule has 2 rings (SSSR count). The Hall–Kier alpha value is -2.67. The van der Waals surface area contributed by atoms with Gasteiger partial charge in [0.15, 0.2) is 12.6 Å². The Bertz CT molecular complexity index is 758. The van der Waals surface area contributed by atoms with Crippen molar-refractivity contribution in [1.29, 1.82) is 0 Å². The van der Waals surface area contributed by atoms with Crippen LogP contribution in [-0.2, 0) is 14.4 Å². The van der Waals surface area contributed by atoms with Gasteiger partial charge < -0.3 is 20.9 Å². The van der Waals surface area contributed by atoms with Crippen LogP contribution in [0.5, 0.6) is 0 Å². The van der Waals surface area contributed by atoms with Gasteiger partial charge in [-0.15, -0.1) is 0 Å². The molecule has 7 nitrogen and oxygen atoms in total. The molecule has 0 spiro atoms. The van der Waals surface area contributed by atoms with E-state index in [1.54, 1.807) is 24.3 Å².